The molecule has 6 nitrogen and oxygen atoms in total. The normalized spacial score (nSPS) is 24.9. The lowest BCUT2D eigenvalue weighted by Crippen LogP contribution is -2.34. The van der Waals surface area contributed by atoms with Crippen LogP contribution in [-0.2, 0) is 4.79 Å². The predicted octanol–water partition coefficient (Wildman–Crippen LogP) is 2.00. The Kier molecular flexibility index (Phi) is 3.85. The minimum Gasteiger partial charge on any atom is -0.353 e. The number of nitriles is 1. The van der Waals surface area contributed by atoms with Gasteiger partial charge in [0.15, 0.2) is 11.5 Å². The summed E-state index contributed by atoms with van der Waals surface area (Å²) in [5, 5.41) is 9.29. The van der Waals surface area contributed by atoms with Gasteiger partial charge in [0.2, 0.25) is 5.91 Å². The fraction of sp³-hybridized carbons (Fsp3) is 0.368. The summed E-state index contributed by atoms with van der Waals surface area (Å²) in [5.74, 6) is 1.48. The third-order valence-corrected chi connectivity index (χ3v) is 5.29. The zero-order chi connectivity index (χ0) is 17.4. The van der Waals surface area contributed by atoms with E-state index >= 15 is 0 Å². The van der Waals surface area contributed by atoms with E-state index in [9.17, 15) is 10.1 Å². The molecule has 2 aliphatic rings. The quantitative estimate of drug-likeness (QED) is 0.840. The number of rotatable bonds is 2. The van der Waals surface area contributed by atoms with Gasteiger partial charge in [-0.25, -0.2) is 9.97 Å². The van der Waals surface area contributed by atoms with Crippen molar-refractivity contribution in [2.75, 3.05) is 24.5 Å². The predicted molar refractivity (Wildman–Crippen MR) is 92.5 cm³/mol. The largest absolute Gasteiger partial charge is 0.353 e. The zero-order valence-corrected chi connectivity index (χ0v) is 14.0. The van der Waals surface area contributed by atoms with Gasteiger partial charge in [-0.2, -0.15) is 5.26 Å². The van der Waals surface area contributed by atoms with Crippen LogP contribution in [0.25, 0.3) is 0 Å². The van der Waals surface area contributed by atoms with Crippen LogP contribution in [0.3, 0.4) is 0 Å². The standard InChI is InChI=1S/C19H19N5O/c1-13(25)24-11-15-10-23(19-17(9-20)21-7-8-22-19)12-16(15)18(24)14-5-3-2-4-6-14/h2-8,15-16,18H,10-12H2,1H3/t15-,16-,18+/m1/s1. The molecule has 2 aliphatic heterocycles. The van der Waals surface area contributed by atoms with Crippen LogP contribution in [0.2, 0.25) is 0 Å². The number of hydrogen-bond donors (Lipinski definition) is 0. The van der Waals surface area contributed by atoms with E-state index in [1.54, 1.807) is 19.3 Å². The van der Waals surface area contributed by atoms with Crippen LogP contribution in [-0.4, -0.2) is 40.4 Å². The van der Waals surface area contributed by atoms with Crippen LogP contribution < -0.4 is 4.90 Å². The topological polar surface area (TPSA) is 73.1 Å². The Morgan fingerprint density at radius 2 is 1.92 bits per heavy atom. The lowest BCUT2D eigenvalue weighted by Gasteiger charge is -2.29. The van der Waals surface area contributed by atoms with Crippen molar-refractivity contribution in [1.82, 2.24) is 14.9 Å². The monoisotopic (exact) mass is 333 g/mol. The van der Waals surface area contributed by atoms with Gasteiger partial charge in [0.05, 0.1) is 6.04 Å². The van der Waals surface area contributed by atoms with E-state index in [0.717, 1.165) is 19.6 Å². The van der Waals surface area contributed by atoms with Crippen LogP contribution in [0.15, 0.2) is 42.7 Å². The molecule has 1 amide bonds. The van der Waals surface area contributed by atoms with E-state index < -0.39 is 0 Å². The van der Waals surface area contributed by atoms with E-state index in [-0.39, 0.29) is 11.9 Å². The van der Waals surface area contributed by atoms with Crippen molar-refractivity contribution in [3.63, 3.8) is 0 Å². The first-order valence-corrected chi connectivity index (χ1v) is 8.47. The molecule has 3 atom stereocenters. The van der Waals surface area contributed by atoms with Gasteiger partial charge in [0, 0.05) is 50.8 Å². The Balaban J connectivity index is 1.65. The molecule has 0 unspecified atom stereocenters. The molecule has 2 aromatic rings. The molecule has 25 heavy (non-hydrogen) atoms. The average molecular weight is 333 g/mol. The molecule has 0 aliphatic carbocycles. The van der Waals surface area contributed by atoms with Crippen LogP contribution in [0.1, 0.15) is 24.2 Å². The molecule has 1 aromatic carbocycles. The smallest absolute Gasteiger partial charge is 0.219 e. The van der Waals surface area contributed by atoms with E-state index in [2.05, 4.69) is 33.1 Å². The fourth-order valence-electron chi connectivity index (χ4n) is 4.26. The minimum atomic E-state index is 0.0795. The molecule has 0 spiro atoms. The third-order valence-electron chi connectivity index (χ3n) is 5.29. The lowest BCUT2D eigenvalue weighted by molar-refractivity contribution is -0.130. The Bertz CT molecular complexity index is 831. The number of benzene rings is 1. The van der Waals surface area contributed by atoms with Crippen molar-refractivity contribution < 1.29 is 4.79 Å². The van der Waals surface area contributed by atoms with Crippen LogP contribution in [0.5, 0.6) is 0 Å². The van der Waals surface area contributed by atoms with Crippen LogP contribution >= 0.6 is 0 Å². The van der Waals surface area contributed by atoms with E-state index in [1.165, 1.54) is 5.56 Å². The van der Waals surface area contributed by atoms with E-state index in [0.29, 0.717) is 23.3 Å². The SMILES string of the molecule is CC(=O)N1C[C@H]2CN(c3nccnc3C#N)C[C@H]2[C@@H]1c1ccccc1. The summed E-state index contributed by atoms with van der Waals surface area (Å²) < 4.78 is 0. The Morgan fingerprint density at radius 3 is 2.64 bits per heavy atom. The molecule has 0 saturated carbocycles. The molecule has 3 heterocycles. The second-order valence-corrected chi connectivity index (χ2v) is 6.70. The number of likely N-dealkylation sites (tertiary alicyclic amines) is 1. The lowest BCUT2D eigenvalue weighted by atomic mass is 9.89. The van der Waals surface area contributed by atoms with Gasteiger partial charge in [-0.3, -0.25) is 4.79 Å². The zero-order valence-electron chi connectivity index (χ0n) is 14.0. The maximum Gasteiger partial charge on any atom is 0.219 e. The van der Waals surface area contributed by atoms with Gasteiger partial charge >= 0.3 is 0 Å². The second-order valence-electron chi connectivity index (χ2n) is 6.70. The minimum absolute atomic E-state index is 0.0795. The third kappa shape index (κ3) is 2.62. The molecular weight excluding hydrogens is 314 g/mol. The van der Waals surface area contributed by atoms with E-state index in [1.807, 2.05) is 23.1 Å². The highest BCUT2D eigenvalue weighted by Crippen LogP contribution is 2.45. The summed E-state index contributed by atoms with van der Waals surface area (Å²) in [6, 6.07) is 12.4. The second kappa shape index (κ2) is 6.17. The van der Waals surface area contributed by atoms with Crippen molar-refractivity contribution in [1.29, 1.82) is 5.26 Å². The van der Waals surface area contributed by atoms with Crippen molar-refractivity contribution in [3.8, 4) is 6.07 Å². The molecule has 2 fully saturated rings. The van der Waals surface area contributed by atoms with E-state index in [4.69, 9.17) is 0 Å². The maximum atomic E-state index is 12.2. The molecule has 126 valence electrons. The van der Waals surface area contributed by atoms with Crippen molar-refractivity contribution in [2.24, 2.45) is 11.8 Å². The van der Waals surface area contributed by atoms with Gasteiger partial charge in [0.1, 0.15) is 6.07 Å². The number of nitrogens with zero attached hydrogens (tertiary/aromatic N) is 5. The van der Waals surface area contributed by atoms with Crippen molar-refractivity contribution >= 4 is 11.7 Å². The number of aromatic nitrogens is 2. The molecule has 0 N–H and O–H groups in total. The van der Waals surface area contributed by atoms with Crippen molar-refractivity contribution in [3.05, 3.63) is 54.0 Å². The molecular formula is C19H19N5O. The molecule has 0 radical (unpaired) electrons. The Morgan fingerprint density at radius 1 is 1.16 bits per heavy atom. The molecule has 0 bridgehead atoms. The van der Waals surface area contributed by atoms with Gasteiger partial charge in [0.25, 0.3) is 0 Å². The molecule has 4 rings (SSSR count). The summed E-state index contributed by atoms with van der Waals surface area (Å²) >= 11 is 0. The highest BCUT2D eigenvalue weighted by atomic mass is 16.2. The van der Waals surface area contributed by atoms with Crippen LogP contribution in [0.4, 0.5) is 5.82 Å². The van der Waals surface area contributed by atoms with Gasteiger partial charge in [-0.1, -0.05) is 30.3 Å². The summed E-state index contributed by atoms with van der Waals surface area (Å²) in [6.07, 6.45) is 3.17. The number of anilines is 1. The molecule has 6 heteroatoms. The first-order valence-electron chi connectivity index (χ1n) is 8.47. The Labute approximate surface area is 146 Å². The maximum absolute atomic E-state index is 12.2. The van der Waals surface area contributed by atoms with Gasteiger partial charge in [-0.05, 0) is 5.56 Å². The van der Waals surface area contributed by atoms with Gasteiger partial charge in [-0.15, -0.1) is 0 Å². The van der Waals surface area contributed by atoms with Gasteiger partial charge < -0.3 is 9.80 Å². The number of fused-ring (bicyclic) bond motifs is 1. The number of carbonyl (C=O) groups excluding carboxylic acids is 1. The van der Waals surface area contributed by atoms with Crippen molar-refractivity contribution in [2.45, 2.75) is 13.0 Å². The molecule has 2 saturated heterocycles. The fourth-order valence-corrected chi connectivity index (χ4v) is 4.26. The summed E-state index contributed by atoms with van der Waals surface area (Å²) in [5.41, 5.74) is 1.54. The first kappa shape index (κ1) is 15.6. The highest BCUT2D eigenvalue weighted by molar-refractivity contribution is 5.74. The number of hydrogen-bond acceptors (Lipinski definition) is 5. The Hall–Kier alpha value is -2.94. The summed E-state index contributed by atoms with van der Waals surface area (Å²) in [7, 11) is 0. The summed E-state index contributed by atoms with van der Waals surface area (Å²) in [6.45, 7) is 3.97. The average Bonchev–Trinajstić information content (AvgIpc) is 3.20. The number of amides is 1. The summed E-state index contributed by atoms with van der Waals surface area (Å²) in [4.78, 5) is 24.8. The number of carbonyl (C=O) groups is 1. The first-order chi connectivity index (χ1) is 12.2. The highest BCUT2D eigenvalue weighted by Gasteiger charge is 2.48. The van der Waals surface area contributed by atoms with Crippen LogP contribution in [0, 0.1) is 23.2 Å². The molecule has 1 aromatic heterocycles.